The maximum Gasteiger partial charge on any atom is 0.222 e. The molecule has 0 N–H and O–H groups in total. The van der Waals surface area contributed by atoms with Gasteiger partial charge >= 0.3 is 0 Å². The highest BCUT2D eigenvalue weighted by molar-refractivity contribution is 5.78. The van der Waals surface area contributed by atoms with Gasteiger partial charge in [0.05, 0.1) is 0 Å². The largest absolute Gasteiger partial charge is 0.344 e. The number of Topliss-reactive ketones (excluding diaryl/α,β-unsaturated/α-hetero) is 1. The smallest absolute Gasteiger partial charge is 0.222 e. The molecule has 0 atom stereocenters. The number of carbonyl (C=O) groups excluding carboxylic acids is 2. The molecule has 0 aromatic carbocycles. The first-order valence-electron chi connectivity index (χ1n) is 8.45. The van der Waals surface area contributed by atoms with Gasteiger partial charge in [-0.05, 0) is 26.4 Å². The summed E-state index contributed by atoms with van der Waals surface area (Å²) in [7, 11) is 3.93. The van der Waals surface area contributed by atoms with Crippen molar-refractivity contribution < 1.29 is 9.59 Å². The molecular weight excluding hydrogens is 264 g/mol. The van der Waals surface area contributed by atoms with Gasteiger partial charge in [0, 0.05) is 39.4 Å². The third-order valence-corrected chi connectivity index (χ3v) is 3.52. The van der Waals surface area contributed by atoms with Gasteiger partial charge in [0.2, 0.25) is 5.91 Å². The van der Waals surface area contributed by atoms with E-state index >= 15 is 0 Å². The lowest BCUT2D eigenvalue weighted by molar-refractivity contribution is -0.130. The van der Waals surface area contributed by atoms with Crippen LogP contribution in [0.2, 0.25) is 0 Å². The van der Waals surface area contributed by atoms with Crippen LogP contribution in [0.15, 0.2) is 0 Å². The van der Waals surface area contributed by atoms with Gasteiger partial charge in [-0.3, -0.25) is 9.59 Å². The number of carbonyl (C=O) groups is 2. The minimum Gasteiger partial charge on any atom is -0.344 e. The van der Waals surface area contributed by atoms with E-state index < -0.39 is 0 Å². The van der Waals surface area contributed by atoms with Crippen LogP contribution in [-0.2, 0) is 9.59 Å². The number of nitrogens with zero attached hydrogens (tertiary/aromatic N) is 2. The molecule has 0 rings (SSSR count). The van der Waals surface area contributed by atoms with Gasteiger partial charge in [0.25, 0.3) is 0 Å². The Hall–Kier alpha value is -0.900. The highest BCUT2D eigenvalue weighted by Gasteiger charge is 2.08. The van der Waals surface area contributed by atoms with E-state index in [0.717, 1.165) is 38.9 Å². The minimum atomic E-state index is 0.214. The third kappa shape index (κ3) is 13.8. The van der Waals surface area contributed by atoms with Crippen LogP contribution in [0.5, 0.6) is 0 Å². The number of hydrogen-bond donors (Lipinski definition) is 0. The number of likely N-dealkylation sites (N-methyl/N-ethyl adjacent to an activating group) is 2. The van der Waals surface area contributed by atoms with Gasteiger partial charge in [0.1, 0.15) is 5.78 Å². The number of amides is 1. The number of hydrogen-bond acceptors (Lipinski definition) is 3. The first kappa shape index (κ1) is 22.4. The van der Waals surface area contributed by atoms with Gasteiger partial charge in [-0.1, -0.05) is 34.1 Å². The molecule has 0 saturated heterocycles. The highest BCUT2D eigenvalue weighted by atomic mass is 16.2. The van der Waals surface area contributed by atoms with E-state index in [4.69, 9.17) is 0 Å². The van der Waals surface area contributed by atoms with E-state index in [1.165, 1.54) is 0 Å². The van der Waals surface area contributed by atoms with Crippen molar-refractivity contribution in [2.24, 2.45) is 0 Å². The predicted molar refractivity (Wildman–Crippen MR) is 90.5 cm³/mol. The lowest BCUT2D eigenvalue weighted by Gasteiger charge is -2.21. The lowest BCUT2D eigenvalue weighted by atomic mass is 10.1. The summed E-state index contributed by atoms with van der Waals surface area (Å²) < 4.78 is 0. The van der Waals surface area contributed by atoms with Crippen LogP contribution < -0.4 is 0 Å². The quantitative estimate of drug-likeness (QED) is 0.549. The van der Waals surface area contributed by atoms with E-state index in [-0.39, 0.29) is 5.91 Å². The van der Waals surface area contributed by atoms with Crippen molar-refractivity contribution in [2.75, 3.05) is 33.7 Å². The summed E-state index contributed by atoms with van der Waals surface area (Å²) in [6.45, 7) is 10.7. The van der Waals surface area contributed by atoms with Crippen LogP contribution in [0.25, 0.3) is 0 Å². The standard InChI is InChI=1S/C15H30N2O2.C2H6/c1-5-14(18)10-8-7-9-11-15(19)17(4)13-12-16(3)6-2;1-2/h5-13H2,1-4H3;1-2H3. The molecule has 0 fully saturated rings. The van der Waals surface area contributed by atoms with E-state index in [2.05, 4.69) is 18.9 Å². The zero-order valence-electron chi connectivity index (χ0n) is 15.1. The van der Waals surface area contributed by atoms with Crippen molar-refractivity contribution in [3.63, 3.8) is 0 Å². The fourth-order valence-electron chi connectivity index (χ4n) is 1.75. The van der Waals surface area contributed by atoms with Crippen molar-refractivity contribution in [3.05, 3.63) is 0 Å². The van der Waals surface area contributed by atoms with Crippen molar-refractivity contribution in [3.8, 4) is 0 Å². The number of unbranched alkanes of at least 4 members (excludes halogenated alkanes) is 2. The highest BCUT2D eigenvalue weighted by Crippen LogP contribution is 2.06. The molecule has 126 valence electrons. The maximum absolute atomic E-state index is 11.8. The molecular formula is C17H36N2O2. The molecule has 0 heterocycles. The zero-order valence-corrected chi connectivity index (χ0v) is 15.1. The summed E-state index contributed by atoms with van der Waals surface area (Å²) in [5, 5.41) is 0. The Morgan fingerprint density at radius 3 is 1.95 bits per heavy atom. The molecule has 0 aliphatic rings. The molecule has 4 heteroatoms. The molecule has 0 saturated carbocycles. The second-order valence-electron chi connectivity index (χ2n) is 5.16. The lowest BCUT2D eigenvalue weighted by Crippen LogP contribution is -2.34. The first-order valence-corrected chi connectivity index (χ1v) is 8.45. The number of rotatable bonds is 11. The van der Waals surface area contributed by atoms with E-state index in [1.54, 1.807) is 0 Å². The van der Waals surface area contributed by atoms with Crippen LogP contribution in [0.1, 0.15) is 66.2 Å². The second kappa shape index (κ2) is 15.5. The Balaban J connectivity index is 0. The summed E-state index contributed by atoms with van der Waals surface area (Å²) >= 11 is 0. The summed E-state index contributed by atoms with van der Waals surface area (Å²) in [6, 6.07) is 0. The average Bonchev–Trinajstić information content (AvgIpc) is 2.52. The predicted octanol–water partition coefficient (Wildman–Crippen LogP) is 3.35. The zero-order chi connectivity index (χ0) is 16.7. The maximum atomic E-state index is 11.8. The summed E-state index contributed by atoms with van der Waals surface area (Å²) in [4.78, 5) is 27.0. The molecule has 0 radical (unpaired) electrons. The molecule has 0 spiro atoms. The first-order chi connectivity index (χ1) is 10.0. The summed E-state index contributed by atoms with van der Waals surface area (Å²) in [5.74, 6) is 0.539. The van der Waals surface area contributed by atoms with Gasteiger partial charge in [0.15, 0.2) is 0 Å². The summed E-state index contributed by atoms with van der Waals surface area (Å²) in [6.07, 6.45) is 4.69. The molecule has 0 unspecified atom stereocenters. The van der Waals surface area contributed by atoms with Gasteiger partial charge < -0.3 is 9.80 Å². The summed E-state index contributed by atoms with van der Waals surface area (Å²) in [5.41, 5.74) is 0. The molecule has 0 aromatic rings. The van der Waals surface area contributed by atoms with Crippen molar-refractivity contribution >= 4 is 11.7 Å². The molecule has 21 heavy (non-hydrogen) atoms. The van der Waals surface area contributed by atoms with Crippen molar-refractivity contribution in [1.29, 1.82) is 0 Å². The van der Waals surface area contributed by atoms with Gasteiger partial charge in [-0.15, -0.1) is 0 Å². The average molecular weight is 300 g/mol. The van der Waals surface area contributed by atoms with E-state index in [0.29, 0.717) is 25.0 Å². The van der Waals surface area contributed by atoms with Gasteiger partial charge in [-0.2, -0.15) is 0 Å². The van der Waals surface area contributed by atoms with Crippen LogP contribution >= 0.6 is 0 Å². The molecule has 0 aromatic heterocycles. The second-order valence-corrected chi connectivity index (χ2v) is 5.16. The molecule has 1 amide bonds. The molecule has 4 nitrogen and oxygen atoms in total. The Bertz CT molecular complexity index is 268. The molecule has 0 aliphatic heterocycles. The fraction of sp³-hybridized carbons (Fsp3) is 0.882. The van der Waals surface area contributed by atoms with E-state index in [1.807, 2.05) is 32.7 Å². The number of ketones is 1. The Morgan fingerprint density at radius 1 is 0.857 bits per heavy atom. The minimum absolute atomic E-state index is 0.214. The van der Waals surface area contributed by atoms with Gasteiger partial charge in [-0.25, -0.2) is 0 Å². The van der Waals surface area contributed by atoms with Crippen LogP contribution in [0.4, 0.5) is 0 Å². The Morgan fingerprint density at radius 2 is 1.43 bits per heavy atom. The molecule has 0 bridgehead atoms. The normalized spacial score (nSPS) is 10.0. The Labute approximate surface area is 131 Å². The fourth-order valence-corrected chi connectivity index (χ4v) is 1.75. The van der Waals surface area contributed by atoms with Crippen molar-refractivity contribution in [1.82, 2.24) is 9.80 Å². The van der Waals surface area contributed by atoms with Crippen LogP contribution in [0, 0.1) is 0 Å². The Kier molecular flexibility index (Phi) is 16.5. The van der Waals surface area contributed by atoms with Crippen LogP contribution in [0.3, 0.4) is 0 Å². The SMILES string of the molecule is CC.CCC(=O)CCCCCC(=O)N(C)CCN(C)CC. The monoisotopic (exact) mass is 300 g/mol. The van der Waals surface area contributed by atoms with Crippen molar-refractivity contribution in [2.45, 2.75) is 66.2 Å². The topological polar surface area (TPSA) is 40.6 Å². The third-order valence-electron chi connectivity index (χ3n) is 3.52. The van der Waals surface area contributed by atoms with Crippen LogP contribution in [-0.4, -0.2) is 55.2 Å². The van der Waals surface area contributed by atoms with E-state index in [9.17, 15) is 9.59 Å². The molecule has 0 aliphatic carbocycles.